The van der Waals surface area contributed by atoms with E-state index in [1.54, 1.807) is 0 Å². The van der Waals surface area contributed by atoms with Gasteiger partial charge in [-0.2, -0.15) is 0 Å². The normalized spacial score (nSPS) is 11.7. The molecule has 0 fully saturated rings. The predicted molar refractivity (Wildman–Crippen MR) is 157 cm³/mol. The molecule has 0 heterocycles. The van der Waals surface area contributed by atoms with Gasteiger partial charge in [-0.3, -0.25) is 4.18 Å². The van der Waals surface area contributed by atoms with Crippen LogP contribution in [0.2, 0.25) is 0 Å². The van der Waals surface area contributed by atoms with Gasteiger partial charge in [0, 0.05) is 6.61 Å². The van der Waals surface area contributed by atoms with E-state index >= 15 is 0 Å². The molecule has 0 spiro atoms. The minimum atomic E-state index is -4.64. The molecule has 0 N–H and O–H groups in total. The SMILES string of the molecule is CCCCCCCCCCCCCCCCCCCCCCOCCOCCOCCOCCOS(=O)(=O)[O-].[K+]. The molecule has 0 amide bonds. The van der Waals surface area contributed by atoms with Gasteiger partial charge in [-0.15, -0.1) is 0 Å². The molecule has 0 bridgehead atoms. The van der Waals surface area contributed by atoms with Gasteiger partial charge in [-0.05, 0) is 6.42 Å². The van der Waals surface area contributed by atoms with E-state index in [2.05, 4.69) is 11.1 Å². The van der Waals surface area contributed by atoms with Crippen molar-refractivity contribution in [3.05, 3.63) is 0 Å². The van der Waals surface area contributed by atoms with Gasteiger partial charge in [0.05, 0.1) is 52.9 Å². The van der Waals surface area contributed by atoms with Crippen LogP contribution < -0.4 is 51.4 Å². The largest absolute Gasteiger partial charge is 1.00 e. The van der Waals surface area contributed by atoms with Crippen LogP contribution in [0.25, 0.3) is 0 Å². The van der Waals surface area contributed by atoms with E-state index in [1.807, 2.05) is 0 Å². The van der Waals surface area contributed by atoms with E-state index in [1.165, 1.54) is 122 Å². The van der Waals surface area contributed by atoms with Crippen molar-refractivity contribution in [3.63, 3.8) is 0 Å². The third kappa shape index (κ3) is 41.5. The number of rotatable bonds is 34. The fourth-order valence-electron chi connectivity index (χ4n) is 4.42. The van der Waals surface area contributed by atoms with Gasteiger partial charge in [0.15, 0.2) is 0 Å². The van der Waals surface area contributed by atoms with Gasteiger partial charge in [-0.1, -0.05) is 129 Å². The summed E-state index contributed by atoms with van der Waals surface area (Å²) < 4.78 is 56.1. The van der Waals surface area contributed by atoms with Gasteiger partial charge in [-0.25, -0.2) is 8.42 Å². The summed E-state index contributed by atoms with van der Waals surface area (Å²) in [4.78, 5) is 0. The van der Waals surface area contributed by atoms with Crippen LogP contribution in [0.3, 0.4) is 0 Å². The Morgan fingerprint density at radius 2 is 0.650 bits per heavy atom. The first-order valence-corrected chi connectivity index (χ1v) is 17.3. The topological polar surface area (TPSA) is 103 Å². The summed E-state index contributed by atoms with van der Waals surface area (Å²) in [6.45, 7) is 5.58. The van der Waals surface area contributed by atoms with Crippen LogP contribution in [0.5, 0.6) is 0 Å². The molecule has 0 aromatic rings. The molecule has 0 aliphatic heterocycles. The van der Waals surface area contributed by atoms with Crippen molar-refractivity contribution < 1.29 is 87.5 Å². The molecule has 10 heteroatoms. The number of ether oxygens (including phenoxy) is 4. The quantitative estimate of drug-likeness (QED) is 0.0453. The summed E-state index contributed by atoms with van der Waals surface area (Å²) in [6, 6.07) is 0. The second kappa shape index (κ2) is 36.5. The molecular weight excluding hydrogens is 559 g/mol. The smallest absolute Gasteiger partial charge is 0.726 e. The maximum Gasteiger partial charge on any atom is 1.00 e. The van der Waals surface area contributed by atoms with Crippen LogP contribution in [0.4, 0.5) is 0 Å². The van der Waals surface area contributed by atoms with E-state index in [9.17, 15) is 13.0 Å². The maximum absolute atomic E-state index is 10.2. The number of hydrogen-bond donors (Lipinski definition) is 0. The Kier molecular flexibility index (Phi) is 39.7. The summed E-state index contributed by atoms with van der Waals surface area (Å²) >= 11 is 0. The Morgan fingerprint density at radius 1 is 0.400 bits per heavy atom. The summed E-state index contributed by atoms with van der Waals surface area (Å²) in [5.41, 5.74) is 0. The van der Waals surface area contributed by atoms with Crippen LogP contribution in [-0.4, -0.2) is 72.4 Å². The van der Waals surface area contributed by atoms with E-state index in [-0.39, 0.29) is 64.6 Å². The van der Waals surface area contributed by atoms with Crippen molar-refractivity contribution in [3.8, 4) is 0 Å². The monoisotopic (exact) mass is 620 g/mol. The third-order valence-electron chi connectivity index (χ3n) is 6.71. The average molecular weight is 621 g/mol. The first-order valence-electron chi connectivity index (χ1n) is 16.0. The Morgan fingerprint density at radius 3 is 0.950 bits per heavy atom. The van der Waals surface area contributed by atoms with Crippen molar-refractivity contribution in [1.82, 2.24) is 0 Å². The molecule has 0 aromatic heterocycles. The molecule has 0 unspecified atom stereocenters. The first-order chi connectivity index (χ1) is 19.1. The summed E-state index contributed by atoms with van der Waals surface area (Å²) in [5, 5.41) is 0. The van der Waals surface area contributed by atoms with Crippen molar-refractivity contribution in [2.45, 2.75) is 135 Å². The van der Waals surface area contributed by atoms with Gasteiger partial charge in [0.1, 0.15) is 0 Å². The van der Waals surface area contributed by atoms with E-state index in [4.69, 9.17) is 18.9 Å². The molecule has 0 aromatic carbocycles. The molecule has 40 heavy (non-hydrogen) atoms. The van der Waals surface area contributed by atoms with Crippen LogP contribution in [-0.2, 0) is 33.5 Å². The number of hydrogen-bond acceptors (Lipinski definition) is 8. The molecule has 8 nitrogen and oxygen atoms in total. The molecule has 0 aliphatic carbocycles. The van der Waals surface area contributed by atoms with Crippen molar-refractivity contribution in [1.29, 1.82) is 0 Å². The fraction of sp³-hybridized carbons (Fsp3) is 1.00. The molecule has 0 saturated carbocycles. The first kappa shape index (κ1) is 43.5. The van der Waals surface area contributed by atoms with Crippen LogP contribution in [0.15, 0.2) is 0 Å². The van der Waals surface area contributed by atoms with E-state index in [0.29, 0.717) is 39.6 Å². The Balaban J connectivity index is 0. The van der Waals surface area contributed by atoms with E-state index < -0.39 is 10.4 Å². The minimum Gasteiger partial charge on any atom is -0.726 e. The molecule has 0 aliphatic rings. The fourth-order valence-corrected chi connectivity index (χ4v) is 4.69. The van der Waals surface area contributed by atoms with Gasteiger partial charge in [0.25, 0.3) is 0 Å². The standard InChI is InChI=1S/C30H62O8S.K/c1-2-3-4-5-6-7-8-9-10-11-12-13-14-15-16-17-18-19-20-21-22-34-23-24-35-25-26-36-27-28-37-29-30-38-39(31,32)33;/h2-30H2,1H3,(H,31,32,33);/q;+1/p-1. The predicted octanol–water partition coefficient (Wildman–Crippen LogP) is 4.36. The maximum atomic E-state index is 10.2. The molecule has 0 radical (unpaired) electrons. The Bertz CT molecular complexity index is 566. The molecule has 0 saturated heterocycles. The zero-order valence-electron chi connectivity index (χ0n) is 26.2. The number of unbranched alkanes of at least 4 members (excludes halogenated alkanes) is 19. The summed E-state index contributed by atoms with van der Waals surface area (Å²) in [5.74, 6) is 0. The Hall–Kier alpha value is 1.35. The third-order valence-corrected chi connectivity index (χ3v) is 7.17. The van der Waals surface area contributed by atoms with Crippen LogP contribution >= 0.6 is 0 Å². The van der Waals surface area contributed by atoms with Crippen molar-refractivity contribution >= 4 is 10.4 Å². The molecule has 0 rings (SSSR count). The van der Waals surface area contributed by atoms with Crippen molar-refractivity contribution in [2.75, 3.05) is 59.5 Å². The van der Waals surface area contributed by atoms with Gasteiger partial charge < -0.3 is 23.5 Å². The molecule has 0 atom stereocenters. The van der Waals surface area contributed by atoms with E-state index in [0.717, 1.165) is 13.0 Å². The minimum absolute atomic E-state index is 0. The summed E-state index contributed by atoms with van der Waals surface area (Å²) in [7, 11) is -4.64. The Labute approximate surface area is 290 Å². The zero-order chi connectivity index (χ0) is 28.5. The average Bonchev–Trinajstić information content (AvgIpc) is 2.90. The van der Waals surface area contributed by atoms with Crippen molar-refractivity contribution in [2.24, 2.45) is 0 Å². The second-order valence-electron chi connectivity index (χ2n) is 10.4. The zero-order valence-corrected chi connectivity index (χ0v) is 30.1. The second-order valence-corrected chi connectivity index (χ2v) is 11.4. The van der Waals surface area contributed by atoms with Gasteiger partial charge in [0.2, 0.25) is 10.4 Å². The van der Waals surface area contributed by atoms with Crippen LogP contribution in [0, 0.1) is 0 Å². The van der Waals surface area contributed by atoms with Crippen LogP contribution in [0.1, 0.15) is 135 Å². The summed E-state index contributed by atoms with van der Waals surface area (Å²) in [6.07, 6.45) is 27.8. The molecular formula is C30H61KO8S. The molecule has 236 valence electrons. The van der Waals surface area contributed by atoms with Gasteiger partial charge >= 0.3 is 51.4 Å².